The lowest BCUT2D eigenvalue weighted by Crippen LogP contribution is -2.36. The minimum absolute atomic E-state index is 0.170. The molecule has 0 radical (unpaired) electrons. The number of halogens is 1. The number of carbonyl (C=O) groups excluding carboxylic acids is 1. The number of hydrogen-bond acceptors (Lipinski definition) is 2. The zero-order valence-electron chi connectivity index (χ0n) is 9.37. The third-order valence-corrected chi connectivity index (χ3v) is 3.21. The van der Waals surface area contributed by atoms with Crippen LogP contribution in [0.15, 0.2) is 22.7 Å². The average molecular weight is 284 g/mol. The van der Waals surface area contributed by atoms with Gasteiger partial charge < -0.3 is 4.74 Å². The van der Waals surface area contributed by atoms with Crippen molar-refractivity contribution in [3.05, 3.63) is 28.2 Å². The van der Waals surface area contributed by atoms with Gasteiger partial charge in [0.15, 0.2) is 0 Å². The SMILES string of the molecule is CCOC(=O)N1c2ccc(Br)cc2CC1C. The van der Waals surface area contributed by atoms with Crippen molar-refractivity contribution in [3.8, 4) is 0 Å². The molecule has 0 bridgehead atoms. The largest absolute Gasteiger partial charge is 0.449 e. The Bertz CT molecular complexity index is 419. The summed E-state index contributed by atoms with van der Waals surface area (Å²) in [6.45, 7) is 4.26. The molecule has 1 aliphatic heterocycles. The van der Waals surface area contributed by atoms with Crippen LogP contribution in [-0.2, 0) is 11.2 Å². The van der Waals surface area contributed by atoms with Crippen LogP contribution in [0, 0.1) is 0 Å². The fraction of sp³-hybridized carbons (Fsp3) is 0.417. The Morgan fingerprint density at radius 2 is 2.38 bits per heavy atom. The van der Waals surface area contributed by atoms with Crippen LogP contribution in [0.2, 0.25) is 0 Å². The van der Waals surface area contributed by atoms with Gasteiger partial charge in [-0.3, -0.25) is 4.90 Å². The van der Waals surface area contributed by atoms with E-state index < -0.39 is 0 Å². The van der Waals surface area contributed by atoms with Crippen LogP contribution in [0.25, 0.3) is 0 Å². The van der Waals surface area contributed by atoms with Crippen molar-refractivity contribution in [1.82, 2.24) is 0 Å². The van der Waals surface area contributed by atoms with E-state index in [0.717, 1.165) is 16.6 Å². The van der Waals surface area contributed by atoms with Crippen LogP contribution in [0.1, 0.15) is 19.4 Å². The molecule has 1 aromatic carbocycles. The highest BCUT2D eigenvalue weighted by molar-refractivity contribution is 9.10. The standard InChI is InChI=1S/C12H14BrNO2/c1-3-16-12(15)14-8(2)6-9-7-10(13)4-5-11(9)14/h4-5,7-8H,3,6H2,1-2H3. The van der Waals surface area contributed by atoms with Crippen molar-refractivity contribution in [2.24, 2.45) is 0 Å². The zero-order chi connectivity index (χ0) is 11.7. The van der Waals surface area contributed by atoms with Gasteiger partial charge in [-0.1, -0.05) is 15.9 Å². The third kappa shape index (κ3) is 1.94. The quantitative estimate of drug-likeness (QED) is 0.791. The van der Waals surface area contributed by atoms with E-state index in [2.05, 4.69) is 22.0 Å². The third-order valence-electron chi connectivity index (χ3n) is 2.72. The molecular formula is C12H14BrNO2. The van der Waals surface area contributed by atoms with Crippen molar-refractivity contribution in [2.45, 2.75) is 26.3 Å². The lowest BCUT2D eigenvalue weighted by molar-refractivity contribution is 0.158. The first-order valence-electron chi connectivity index (χ1n) is 5.38. The molecule has 1 heterocycles. The normalized spacial score (nSPS) is 18.4. The van der Waals surface area contributed by atoms with Crippen LogP contribution in [-0.4, -0.2) is 18.7 Å². The summed E-state index contributed by atoms with van der Waals surface area (Å²) in [5.41, 5.74) is 2.16. The van der Waals surface area contributed by atoms with Gasteiger partial charge in [-0.2, -0.15) is 0 Å². The van der Waals surface area contributed by atoms with E-state index in [1.807, 2.05) is 26.0 Å². The van der Waals surface area contributed by atoms with Gasteiger partial charge >= 0.3 is 6.09 Å². The molecule has 0 N–H and O–H groups in total. The summed E-state index contributed by atoms with van der Waals surface area (Å²) in [7, 11) is 0. The summed E-state index contributed by atoms with van der Waals surface area (Å²) in [5, 5.41) is 0. The number of amides is 1. The van der Waals surface area contributed by atoms with Crippen molar-refractivity contribution in [1.29, 1.82) is 0 Å². The second-order valence-electron chi connectivity index (χ2n) is 3.90. The molecule has 3 nitrogen and oxygen atoms in total. The molecule has 16 heavy (non-hydrogen) atoms. The number of fused-ring (bicyclic) bond motifs is 1. The van der Waals surface area contributed by atoms with E-state index in [4.69, 9.17) is 4.74 Å². The van der Waals surface area contributed by atoms with Crippen LogP contribution >= 0.6 is 15.9 Å². The van der Waals surface area contributed by atoms with Gasteiger partial charge in [0.2, 0.25) is 0 Å². The number of hydrogen-bond donors (Lipinski definition) is 0. The van der Waals surface area contributed by atoms with E-state index in [1.165, 1.54) is 5.56 Å². The Kier molecular flexibility index (Phi) is 3.19. The second kappa shape index (κ2) is 4.45. The number of anilines is 1. The Morgan fingerprint density at radius 1 is 1.62 bits per heavy atom. The molecule has 1 aromatic rings. The molecule has 0 fully saturated rings. The summed E-state index contributed by atoms with van der Waals surface area (Å²) in [6.07, 6.45) is 0.629. The van der Waals surface area contributed by atoms with Crippen molar-refractivity contribution >= 4 is 27.7 Å². The zero-order valence-corrected chi connectivity index (χ0v) is 11.0. The summed E-state index contributed by atoms with van der Waals surface area (Å²) in [6, 6.07) is 6.14. The predicted molar refractivity (Wildman–Crippen MR) is 66.8 cm³/mol. The Balaban J connectivity index is 2.32. The number of carbonyl (C=O) groups is 1. The van der Waals surface area contributed by atoms with Gasteiger partial charge in [0.1, 0.15) is 0 Å². The topological polar surface area (TPSA) is 29.5 Å². The monoisotopic (exact) mass is 283 g/mol. The Morgan fingerprint density at radius 3 is 3.06 bits per heavy atom. The Labute approximate surface area is 104 Å². The van der Waals surface area contributed by atoms with Gasteiger partial charge in [-0.15, -0.1) is 0 Å². The molecule has 0 spiro atoms. The maximum atomic E-state index is 11.8. The minimum atomic E-state index is -0.254. The molecule has 1 atom stereocenters. The minimum Gasteiger partial charge on any atom is -0.449 e. The first-order chi connectivity index (χ1) is 7.63. The fourth-order valence-electron chi connectivity index (χ4n) is 2.07. The predicted octanol–water partition coefficient (Wildman–Crippen LogP) is 3.36. The summed E-state index contributed by atoms with van der Waals surface area (Å²) in [4.78, 5) is 13.5. The van der Waals surface area contributed by atoms with E-state index >= 15 is 0 Å². The number of ether oxygens (including phenoxy) is 1. The highest BCUT2D eigenvalue weighted by atomic mass is 79.9. The molecule has 0 aromatic heterocycles. The van der Waals surface area contributed by atoms with E-state index in [0.29, 0.717) is 6.61 Å². The average Bonchev–Trinajstić information content (AvgIpc) is 2.53. The molecule has 0 aliphatic carbocycles. The number of rotatable bonds is 1. The molecule has 1 unspecified atom stereocenters. The van der Waals surface area contributed by atoms with Crippen LogP contribution in [0.5, 0.6) is 0 Å². The van der Waals surface area contributed by atoms with Gasteiger partial charge in [0.05, 0.1) is 12.3 Å². The van der Waals surface area contributed by atoms with Crippen LogP contribution in [0.4, 0.5) is 10.5 Å². The molecule has 1 amide bonds. The van der Waals surface area contributed by atoms with Crippen molar-refractivity contribution < 1.29 is 9.53 Å². The first-order valence-corrected chi connectivity index (χ1v) is 6.17. The molecule has 2 rings (SSSR count). The lowest BCUT2D eigenvalue weighted by Gasteiger charge is -2.21. The molecular weight excluding hydrogens is 270 g/mol. The highest BCUT2D eigenvalue weighted by Crippen LogP contribution is 2.34. The summed E-state index contributed by atoms with van der Waals surface area (Å²) >= 11 is 3.44. The van der Waals surface area contributed by atoms with E-state index in [1.54, 1.807) is 4.90 Å². The fourth-order valence-corrected chi connectivity index (χ4v) is 2.48. The molecule has 1 aliphatic rings. The van der Waals surface area contributed by atoms with Crippen LogP contribution in [0.3, 0.4) is 0 Å². The molecule has 0 saturated heterocycles. The smallest absolute Gasteiger partial charge is 0.414 e. The van der Waals surface area contributed by atoms with Crippen molar-refractivity contribution in [3.63, 3.8) is 0 Å². The summed E-state index contributed by atoms with van der Waals surface area (Å²) in [5.74, 6) is 0. The molecule has 86 valence electrons. The van der Waals surface area contributed by atoms with Gasteiger partial charge in [0, 0.05) is 10.5 Å². The Hall–Kier alpha value is -1.03. The molecule has 0 saturated carbocycles. The van der Waals surface area contributed by atoms with Gasteiger partial charge in [-0.25, -0.2) is 4.79 Å². The molecule has 4 heteroatoms. The van der Waals surface area contributed by atoms with E-state index in [9.17, 15) is 4.79 Å². The van der Waals surface area contributed by atoms with Crippen molar-refractivity contribution in [2.75, 3.05) is 11.5 Å². The second-order valence-corrected chi connectivity index (χ2v) is 4.81. The van der Waals surface area contributed by atoms with Gasteiger partial charge in [0.25, 0.3) is 0 Å². The van der Waals surface area contributed by atoms with Crippen LogP contribution < -0.4 is 4.90 Å². The summed E-state index contributed by atoms with van der Waals surface area (Å²) < 4.78 is 6.10. The lowest BCUT2D eigenvalue weighted by atomic mass is 10.1. The van der Waals surface area contributed by atoms with E-state index in [-0.39, 0.29) is 12.1 Å². The number of nitrogens with zero attached hydrogens (tertiary/aromatic N) is 1. The maximum absolute atomic E-state index is 11.8. The van der Waals surface area contributed by atoms with Gasteiger partial charge in [-0.05, 0) is 44.0 Å². The maximum Gasteiger partial charge on any atom is 0.414 e. The number of benzene rings is 1. The first kappa shape index (κ1) is 11.5. The highest BCUT2D eigenvalue weighted by Gasteiger charge is 2.31.